The van der Waals surface area contributed by atoms with Gasteiger partial charge in [0.15, 0.2) is 0 Å². The molecule has 0 radical (unpaired) electrons. The summed E-state index contributed by atoms with van der Waals surface area (Å²) in [5, 5.41) is 7.41. The topological polar surface area (TPSA) is 56.2 Å². The molecule has 0 aromatic carbocycles. The number of aromatic nitrogens is 2. The zero-order valence-corrected chi connectivity index (χ0v) is 12.7. The van der Waals surface area contributed by atoms with E-state index in [-0.39, 0.29) is 12.0 Å². The molecule has 96 valence electrons. The maximum absolute atomic E-state index is 11.9. The monoisotopic (exact) mass is 351 g/mol. The van der Waals surface area contributed by atoms with Crippen molar-refractivity contribution in [3.8, 4) is 0 Å². The predicted octanol–water partition coefficient (Wildman–Crippen LogP) is 1.42. The summed E-state index contributed by atoms with van der Waals surface area (Å²) in [5.74, 6) is -0.281. The molecule has 6 heteroatoms. The number of rotatable bonds is 5. The van der Waals surface area contributed by atoms with Crippen molar-refractivity contribution in [2.45, 2.75) is 38.9 Å². The molecule has 0 saturated carbocycles. The molecule has 0 saturated heterocycles. The van der Waals surface area contributed by atoms with E-state index in [1.807, 2.05) is 27.0 Å². The normalized spacial score (nSPS) is 14.7. The van der Waals surface area contributed by atoms with E-state index in [9.17, 15) is 4.79 Å². The maximum atomic E-state index is 11.9. The Morgan fingerprint density at radius 1 is 1.71 bits per heavy atom. The zero-order chi connectivity index (χ0) is 13.1. The molecule has 1 aromatic heterocycles. The highest BCUT2D eigenvalue weighted by atomic mass is 127. The molecule has 1 atom stereocenters. The molecule has 17 heavy (non-hydrogen) atoms. The fraction of sp³-hybridized carbons (Fsp3) is 0.636. The lowest BCUT2D eigenvalue weighted by atomic mass is 10.0. The Bertz CT molecular complexity index is 392. The number of hydrogen-bond acceptors (Lipinski definition) is 4. The van der Waals surface area contributed by atoms with Gasteiger partial charge in [-0.15, -0.1) is 0 Å². The predicted molar refractivity (Wildman–Crippen MR) is 73.6 cm³/mol. The highest BCUT2D eigenvalue weighted by molar-refractivity contribution is 14.1. The zero-order valence-electron chi connectivity index (χ0n) is 10.5. The number of ether oxygens (including phenoxy) is 1. The lowest BCUT2D eigenvalue weighted by Crippen LogP contribution is -2.55. The van der Waals surface area contributed by atoms with Gasteiger partial charge < -0.3 is 4.74 Å². The van der Waals surface area contributed by atoms with Crippen molar-refractivity contribution in [1.82, 2.24) is 15.1 Å². The Kier molecular flexibility index (Phi) is 4.93. The molecule has 1 rings (SSSR count). The van der Waals surface area contributed by atoms with E-state index in [0.29, 0.717) is 6.54 Å². The van der Waals surface area contributed by atoms with Gasteiger partial charge in [0.2, 0.25) is 0 Å². The van der Waals surface area contributed by atoms with Crippen LogP contribution in [0.25, 0.3) is 0 Å². The first-order chi connectivity index (χ1) is 7.87. The number of hydrogen-bond donors (Lipinski definition) is 1. The first kappa shape index (κ1) is 14.4. The number of esters is 1. The van der Waals surface area contributed by atoms with E-state index in [1.165, 1.54) is 7.11 Å². The summed E-state index contributed by atoms with van der Waals surface area (Å²) in [5.41, 5.74) is -0.766. The number of nitrogens with zero attached hydrogens (tertiary/aromatic N) is 2. The number of halogens is 1. The van der Waals surface area contributed by atoms with Gasteiger partial charge in [0.05, 0.1) is 23.4 Å². The van der Waals surface area contributed by atoms with Crippen molar-refractivity contribution >= 4 is 28.6 Å². The van der Waals surface area contributed by atoms with Gasteiger partial charge in [-0.05, 0) is 43.4 Å². The molecular formula is C11H18IN3O2. The maximum Gasteiger partial charge on any atom is 0.327 e. The van der Waals surface area contributed by atoms with Crippen molar-refractivity contribution < 1.29 is 9.53 Å². The minimum atomic E-state index is -0.766. The molecule has 1 aromatic rings. The summed E-state index contributed by atoms with van der Waals surface area (Å²) in [6, 6.07) is 0.189. The van der Waals surface area contributed by atoms with E-state index in [4.69, 9.17) is 4.74 Å². The Labute approximate surface area is 115 Å². The van der Waals surface area contributed by atoms with Crippen LogP contribution in [-0.2, 0) is 16.1 Å². The lowest BCUT2D eigenvalue weighted by Gasteiger charge is -2.30. The van der Waals surface area contributed by atoms with Crippen LogP contribution in [0, 0.1) is 3.57 Å². The van der Waals surface area contributed by atoms with Crippen LogP contribution in [-0.4, -0.2) is 34.4 Å². The third kappa shape index (κ3) is 3.95. The SMILES string of the molecule is COC(=O)C(C)(Cn1cc(I)cn1)NC(C)C. The van der Waals surface area contributed by atoms with Crippen LogP contribution in [0.15, 0.2) is 12.4 Å². The van der Waals surface area contributed by atoms with Gasteiger partial charge in [-0.2, -0.15) is 5.10 Å². The van der Waals surface area contributed by atoms with Crippen LogP contribution in [0.2, 0.25) is 0 Å². The minimum absolute atomic E-state index is 0.189. The second kappa shape index (κ2) is 5.81. The fourth-order valence-corrected chi connectivity index (χ4v) is 2.23. The average Bonchev–Trinajstić information content (AvgIpc) is 2.61. The molecule has 0 spiro atoms. The van der Waals surface area contributed by atoms with Crippen LogP contribution in [0.4, 0.5) is 0 Å². The van der Waals surface area contributed by atoms with Crippen molar-refractivity contribution in [1.29, 1.82) is 0 Å². The standard InChI is InChI=1S/C11H18IN3O2/c1-8(2)14-11(3,10(16)17-4)7-15-6-9(12)5-13-15/h5-6,8,14H,7H2,1-4H3. The highest BCUT2D eigenvalue weighted by Gasteiger charge is 2.35. The first-order valence-electron chi connectivity index (χ1n) is 5.41. The molecular weight excluding hydrogens is 333 g/mol. The van der Waals surface area contributed by atoms with E-state index in [1.54, 1.807) is 10.9 Å². The first-order valence-corrected chi connectivity index (χ1v) is 6.49. The van der Waals surface area contributed by atoms with Crippen molar-refractivity contribution in [3.05, 3.63) is 16.0 Å². The molecule has 0 aliphatic heterocycles. The summed E-state index contributed by atoms with van der Waals surface area (Å²) in [6.07, 6.45) is 3.65. The average molecular weight is 351 g/mol. The van der Waals surface area contributed by atoms with Gasteiger partial charge in [0, 0.05) is 12.2 Å². The largest absolute Gasteiger partial charge is 0.468 e. The number of carbonyl (C=O) groups excluding carboxylic acids is 1. The Hall–Kier alpha value is -0.630. The summed E-state index contributed by atoms with van der Waals surface area (Å²) in [7, 11) is 1.40. The Balaban J connectivity index is 2.87. The minimum Gasteiger partial charge on any atom is -0.468 e. The number of carbonyl (C=O) groups is 1. The summed E-state index contributed by atoms with van der Waals surface area (Å²) in [6.45, 7) is 6.26. The number of methoxy groups -OCH3 is 1. The smallest absolute Gasteiger partial charge is 0.327 e. The summed E-state index contributed by atoms with van der Waals surface area (Å²) < 4.78 is 7.64. The van der Waals surface area contributed by atoms with Gasteiger partial charge in [0.1, 0.15) is 5.54 Å². The second-order valence-electron chi connectivity index (χ2n) is 4.48. The number of nitrogens with one attached hydrogen (secondary N) is 1. The molecule has 0 amide bonds. The highest BCUT2D eigenvalue weighted by Crippen LogP contribution is 2.12. The van der Waals surface area contributed by atoms with E-state index < -0.39 is 5.54 Å². The molecule has 0 aliphatic rings. The molecule has 1 heterocycles. The quantitative estimate of drug-likeness (QED) is 0.644. The molecule has 0 fully saturated rings. The van der Waals surface area contributed by atoms with E-state index in [2.05, 4.69) is 33.0 Å². The van der Waals surface area contributed by atoms with Crippen LogP contribution < -0.4 is 5.32 Å². The Morgan fingerprint density at radius 3 is 2.76 bits per heavy atom. The van der Waals surface area contributed by atoms with Crippen molar-refractivity contribution in [2.75, 3.05) is 7.11 Å². The second-order valence-corrected chi connectivity index (χ2v) is 5.72. The van der Waals surface area contributed by atoms with Crippen LogP contribution in [0.1, 0.15) is 20.8 Å². The van der Waals surface area contributed by atoms with Gasteiger partial charge >= 0.3 is 5.97 Å². The van der Waals surface area contributed by atoms with Crippen molar-refractivity contribution in [2.24, 2.45) is 0 Å². The lowest BCUT2D eigenvalue weighted by molar-refractivity contribution is -0.149. The molecule has 0 aliphatic carbocycles. The molecule has 0 bridgehead atoms. The Morgan fingerprint density at radius 2 is 2.35 bits per heavy atom. The molecule has 1 N–H and O–H groups in total. The van der Waals surface area contributed by atoms with Gasteiger partial charge in [-0.1, -0.05) is 0 Å². The van der Waals surface area contributed by atoms with Crippen LogP contribution in [0.5, 0.6) is 0 Å². The van der Waals surface area contributed by atoms with E-state index in [0.717, 1.165) is 3.57 Å². The van der Waals surface area contributed by atoms with Crippen LogP contribution >= 0.6 is 22.6 Å². The molecule has 5 nitrogen and oxygen atoms in total. The summed E-state index contributed by atoms with van der Waals surface area (Å²) >= 11 is 2.18. The van der Waals surface area contributed by atoms with E-state index >= 15 is 0 Å². The third-order valence-electron chi connectivity index (χ3n) is 2.32. The summed E-state index contributed by atoms with van der Waals surface area (Å²) in [4.78, 5) is 11.9. The molecule has 1 unspecified atom stereocenters. The van der Waals surface area contributed by atoms with Gasteiger partial charge in [0.25, 0.3) is 0 Å². The van der Waals surface area contributed by atoms with Gasteiger partial charge in [-0.25, -0.2) is 4.79 Å². The van der Waals surface area contributed by atoms with Crippen LogP contribution in [0.3, 0.4) is 0 Å². The van der Waals surface area contributed by atoms with Crippen molar-refractivity contribution in [3.63, 3.8) is 0 Å². The van der Waals surface area contributed by atoms with Gasteiger partial charge in [-0.3, -0.25) is 10.00 Å². The fourth-order valence-electron chi connectivity index (χ4n) is 1.78. The third-order valence-corrected chi connectivity index (χ3v) is 2.88.